The molecule has 5 rings (SSSR count). The van der Waals surface area contributed by atoms with E-state index in [1.54, 1.807) is 0 Å². The Kier molecular flexibility index (Phi) is 10.5. The van der Waals surface area contributed by atoms with Crippen molar-refractivity contribution < 1.29 is 74.7 Å². The van der Waals surface area contributed by atoms with Crippen molar-refractivity contribution >= 4 is 0 Å². The lowest BCUT2D eigenvalue weighted by atomic mass is 9.72. The predicted octanol–water partition coefficient (Wildman–Crippen LogP) is -4.17. The minimum absolute atomic E-state index is 0.0513. The van der Waals surface area contributed by atoms with Crippen molar-refractivity contribution in [3.05, 3.63) is 0 Å². The fourth-order valence-electron chi connectivity index (χ4n) is 7.05. The molecule has 17 atom stereocenters. The zero-order valence-electron chi connectivity index (χ0n) is 23.4. The molecule has 0 aromatic rings. The Morgan fingerprint density at radius 3 is 1.95 bits per heavy atom. The maximum Gasteiger partial charge on any atom is 0.187 e. The molecule has 15 nitrogen and oxygen atoms in total. The van der Waals surface area contributed by atoms with Gasteiger partial charge in [-0.05, 0) is 44.9 Å². The Labute approximate surface area is 243 Å². The molecule has 0 aromatic heterocycles. The summed E-state index contributed by atoms with van der Waals surface area (Å²) < 4.78 is 29.4. The Bertz CT molecular complexity index is 874. The first-order chi connectivity index (χ1) is 19.9. The zero-order valence-corrected chi connectivity index (χ0v) is 23.4. The molecule has 3 aliphatic heterocycles. The van der Waals surface area contributed by atoms with Crippen molar-refractivity contribution in [2.45, 2.75) is 150 Å². The third-order valence-corrected chi connectivity index (χ3v) is 9.75. The van der Waals surface area contributed by atoms with E-state index in [2.05, 4.69) is 0 Å². The largest absolute Gasteiger partial charge is 0.393 e. The molecule has 2 saturated carbocycles. The number of fused-ring (bicyclic) bond motifs is 1. The lowest BCUT2D eigenvalue weighted by Crippen LogP contribution is -2.63. The summed E-state index contributed by atoms with van der Waals surface area (Å²) in [4.78, 5) is 0. The second-order valence-electron chi connectivity index (χ2n) is 12.6. The molecule has 3 saturated heterocycles. The maximum absolute atomic E-state index is 10.8. The minimum atomic E-state index is -1.71. The summed E-state index contributed by atoms with van der Waals surface area (Å²) in [5.74, 6) is -0.646. The highest BCUT2D eigenvalue weighted by molar-refractivity contribution is 5.01. The summed E-state index contributed by atoms with van der Waals surface area (Å²) in [5, 5.41) is 103. The summed E-state index contributed by atoms with van der Waals surface area (Å²) in [7, 11) is 0. The fourth-order valence-corrected chi connectivity index (χ4v) is 7.05. The highest BCUT2D eigenvalue weighted by atomic mass is 16.7. The van der Waals surface area contributed by atoms with E-state index in [0.717, 1.165) is 0 Å². The highest BCUT2D eigenvalue weighted by Crippen LogP contribution is 2.43. The average Bonchev–Trinajstić information content (AvgIpc) is 2.97. The molecule has 0 aromatic carbocycles. The van der Waals surface area contributed by atoms with E-state index in [1.807, 2.05) is 0 Å². The van der Waals surface area contributed by atoms with Crippen LogP contribution in [-0.4, -0.2) is 162 Å². The van der Waals surface area contributed by atoms with Gasteiger partial charge in [0, 0.05) is 12.3 Å². The van der Waals surface area contributed by atoms with E-state index in [0.29, 0.717) is 25.7 Å². The summed E-state index contributed by atoms with van der Waals surface area (Å²) in [6.07, 6.45) is -17.9. The third kappa shape index (κ3) is 6.52. The van der Waals surface area contributed by atoms with Gasteiger partial charge in [0.15, 0.2) is 12.6 Å². The lowest BCUT2D eigenvalue weighted by Gasteiger charge is -2.51. The predicted molar refractivity (Wildman–Crippen MR) is 137 cm³/mol. The van der Waals surface area contributed by atoms with Crippen LogP contribution in [0.15, 0.2) is 0 Å². The van der Waals surface area contributed by atoms with Crippen molar-refractivity contribution in [1.29, 1.82) is 0 Å². The molecule has 42 heavy (non-hydrogen) atoms. The number of ether oxygens (including phenoxy) is 5. The van der Waals surface area contributed by atoms with Gasteiger partial charge in [0.1, 0.15) is 48.8 Å². The van der Waals surface area contributed by atoms with E-state index < -0.39 is 117 Å². The van der Waals surface area contributed by atoms with E-state index in [1.165, 1.54) is 6.92 Å². The Hall–Kier alpha value is -0.600. The van der Waals surface area contributed by atoms with Gasteiger partial charge in [-0.2, -0.15) is 0 Å². The Morgan fingerprint density at radius 2 is 1.26 bits per heavy atom. The normalized spacial score (nSPS) is 55.6. The van der Waals surface area contributed by atoms with Gasteiger partial charge in [-0.1, -0.05) is 0 Å². The third-order valence-electron chi connectivity index (χ3n) is 9.75. The summed E-state index contributed by atoms with van der Waals surface area (Å²) in [6, 6.07) is 0. The Morgan fingerprint density at radius 1 is 0.619 bits per heavy atom. The van der Waals surface area contributed by atoms with Crippen molar-refractivity contribution in [3.8, 4) is 0 Å². The summed E-state index contributed by atoms with van der Waals surface area (Å²) >= 11 is 0. The fraction of sp³-hybridized carbons (Fsp3) is 1.00. The number of hydrogen-bond donors (Lipinski definition) is 10. The van der Waals surface area contributed by atoms with Crippen LogP contribution in [-0.2, 0) is 23.7 Å². The van der Waals surface area contributed by atoms with Crippen molar-refractivity contribution in [3.63, 3.8) is 0 Å². The molecule has 0 radical (unpaired) electrons. The first kappa shape index (κ1) is 32.8. The van der Waals surface area contributed by atoms with Gasteiger partial charge < -0.3 is 74.7 Å². The molecule has 5 aliphatic rings. The molecule has 0 amide bonds. The molecule has 10 N–H and O–H groups in total. The molecule has 15 heteroatoms. The average molecular weight is 611 g/mol. The smallest absolute Gasteiger partial charge is 0.187 e. The topological polar surface area (TPSA) is 248 Å². The second-order valence-corrected chi connectivity index (χ2v) is 12.6. The zero-order chi connectivity index (χ0) is 30.5. The first-order valence-electron chi connectivity index (χ1n) is 14.9. The van der Waals surface area contributed by atoms with Gasteiger partial charge in [0.05, 0.1) is 49.3 Å². The quantitative estimate of drug-likeness (QED) is 0.137. The van der Waals surface area contributed by atoms with Crippen molar-refractivity contribution in [2.24, 2.45) is 11.8 Å². The Balaban J connectivity index is 1.29. The van der Waals surface area contributed by atoms with Crippen LogP contribution in [0.3, 0.4) is 0 Å². The molecular weight excluding hydrogens is 564 g/mol. The van der Waals surface area contributed by atoms with E-state index in [-0.39, 0.29) is 18.8 Å². The van der Waals surface area contributed by atoms with Crippen LogP contribution < -0.4 is 0 Å². The van der Waals surface area contributed by atoms with E-state index in [9.17, 15) is 51.1 Å². The van der Waals surface area contributed by atoms with Crippen LogP contribution in [0.1, 0.15) is 45.4 Å². The van der Waals surface area contributed by atoms with Crippen molar-refractivity contribution in [1.82, 2.24) is 0 Å². The van der Waals surface area contributed by atoms with Crippen LogP contribution in [0, 0.1) is 11.8 Å². The van der Waals surface area contributed by atoms with Crippen LogP contribution in [0.25, 0.3) is 0 Å². The van der Waals surface area contributed by atoms with Gasteiger partial charge in [-0.25, -0.2) is 0 Å². The summed E-state index contributed by atoms with van der Waals surface area (Å²) in [5.41, 5.74) is 0. The summed E-state index contributed by atoms with van der Waals surface area (Å²) in [6.45, 7) is 1.04. The van der Waals surface area contributed by atoms with Gasteiger partial charge in [0.25, 0.3) is 0 Å². The number of aliphatic hydroxyl groups is 10. The van der Waals surface area contributed by atoms with Crippen LogP contribution >= 0.6 is 0 Å². The SMILES string of the molecule is C[C@@H]1O[C@@H](OC[C@H]2O[C@@H](OC3CC4C(CC(O)C(O)C4O)OC3C3CCC(O)CC3)[C@H](O)[C@@H](O)[C@@H]2O)[C@H](O)[C@H](O)[C@H]1O. The molecular formula is C27H46O15. The molecule has 0 spiro atoms. The van der Waals surface area contributed by atoms with E-state index >= 15 is 0 Å². The van der Waals surface area contributed by atoms with Crippen LogP contribution in [0.4, 0.5) is 0 Å². The van der Waals surface area contributed by atoms with Crippen LogP contribution in [0.2, 0.25) is 0 Å². The monoisotopic (exact) mass is 610 g/mol. The minimum Gasteiger partial charge on any atom is -0.393 e. The molecule has 7 unspecified atom stereocenters. The number of aliphatic hydroxyl groups excluding tert-OH is 10. The second kappa shape index (κ2) is 13.4. The lowest BCUT2D eigenvalue weighted by molar-refractivity contribution is -0.346. The molecule has 3 heterocycles. The maximum atomic E-state index is 10.8. The molecule has 244 valence electrons. The van der Waals surface area contributed by atoms with Gasteiger partial charge >= 0.3 is 0 Å². The number of hydrogen-bond acceptors (Lipinski definition) is 15. The van der Waals surface area contributed by atoms with Gasteiger partial charge in [0.2, 0.25) is 0 Å². The standard InChI is InChI=1S/C27H46O15/c1-9-17(30)21(34)23(36)26(39-9)38-8-16-20(33)22(35)24(37)27(42-16)41-15-6-12-14(7-13(29)19(32)18(12)31)40-25(15)10-2-4-11(28)5-3-10/h9-37H,2-8H2,1H3/t9-,10?,11?,12?,13?,14?,15?,16+,17-,18?,19?,20+,21+,22-,23+,24+,25?,26+,27+/m0/s1. The molecule has 2 aliphatic carbocycles. The van der Waals surface area contributed by atoms with E-state index in [4.69, 9.17) is 23.7 Å². The highest BCUT2D eigenvalue weighted by Gasteiger charge is 2.53. The van der Waals surface area contributed by atoms with Crippen LogP contribution in [0.5, 0.6) is 0 Å². The number of rotatable bonds is 6. The van der Waals surface area contributed by atoms with Gasteiger partial charge in [-0.15, -0.1) is 0 Å². The molecule has 0 bridgehead atoms. The first-order valence-corrected chi connectivity index (χ1v) is 14.9. The molecule has 5 fully saturated rings. The van der Waals surface area contributed by atoms with Gasteiger partial charge in [-0.3, -0.25) is 0 Å². The van der Waals surface area contributed by atoms with Crippen molar-refractivity contribution in [2.75, 3.05) is 6.61 Å².